The number of fused-ring (bicyclic) bond motifs is 1. The first kappa shape index (κ1) is 18.1. The molecular weight excluding hydrogens is 348 g/mol. The van der Waals surface area contributed by atoms with Crippen molar-refractivity contribution >= 4 is 29.0 Å². The molecule has 4 rings (SSSR count). The van der Waals surface area contributed by atoms with Crippen LogP contribution in [0.3, 0.4) is 0 Å². The van der Waals surface area contributed by atoms with Crippen LogP contribution in [0, 0.1) is 0 Å². The van der Waals surface area contributed by atoms with Gasteiger partial charge in [-0.25, -0.2) is 16.3 Å². The number of carbonyl (C=O) groups excluding carboxylic acids is 1. The highest BCUT2D eigenvalue weighted by molar-refractivity contribution is 5.87. The van der Waals surface area contributed by atoms with E-state index in [0.29, 0.717) is 6.42 Å². The summed E-state index contributed by atoms with van der Waals surface area (Å²) >= 11 is 0. The number of hydrogen-bond donors (Lipinski definition) is 3. The van der Waals surface area contributed by atoms with Crippen LogP contribution in [0.2, 0.25) is 0 Å². The van der Waals surface area contributed by atoms with E-state index in [1.54, 1.807) is 12.3 Å². The van der Waals surface area contributed by atoms with Crippen LogP contribution < -0.4 is 16.3 Å². The van der Waals surface area contributed by atoms with Gasteiger partial charge in [-0.3, -0.25) is 4.79 Å². The van der Waals surface area contributed by atoms with E-state index in [1.807, 2.05) is 48.5 Å². The zero-order chi connectivity index (χ0) is 19.2. The van der Waals surface area contributed by atoms with E-state index in [0.717, 1.165) is 5.56 Å². The van der Waals surface area contributed by atoms with Crippen LogP contribution >= 0.6 is 0 Å². The first-order valence-electron chi connectivity index (χ1n) is 9.34. The molecule has 28 heavy (non-hydrogen) atoms. The number of hydrogen-bond acceptors (Lipinski definition) is 4. The molecule has 3 aromatic carbocycles. The standard InChI is InChI=1S/C23H22N4O/c28-23(27-24-15-7-10-17-8-2-1-3-9-17)22-16-21(25-26-22)20-14-6-12-18-11-4-5-13-19(18)20/h1-15,21-22,25-26H,16H2,(H,27,28)/b10-7+,24-15+. The smallest absolute Gasteiger partial charge is 0.258 e. The first-order chi connectivity index (χ1) is 13.8. The fraction of sp³-hybridized carbons (Fsp3) is 0.130. The molecule has 5 heteroatoms. The summed E-state index contributed by atoms with van der Waals surface area (Å²) in [5.41, 5.74) is 11.2. The SMILES string of the molecule is O=C(N/N=C/C=C/c1ccccc1)C1CC(c2cccc3ccccc23)NN1. The van der Waals surface area contributed by atoms with Gasteiger partial charge in [0.1, 0.15) is 6.04 Å². The summed E-state index contributed by atoms with van der Waals surface area (Å²) in [5, 5.41) is 6.40. The highest BCUT2D eigenvalue weighted by Gasteiger charge is 2.30. The third kappa shape index (κ3) is 4.17. The number of amides is 1. The lowest BCUT2D eigenvalue weighted by Gasteiger charge is -2.13. The predicted molar refractivity (Wildman–Crippen MR) is 113 cm³/mol. The monoisotopic (exact) mass is 370 g/mol. The zero-order valence-electron chi connectivity index (χ0n) is 15.4. The van der Waals surface area contributed by atoms with Crippen molar-refractivity contribution in [1.29, 1.82) is 0 Å². The van der Waals surface area contributed by atoms with Gasteiger partial charge in [-0.2, -0.15) is 5.10 Å². The minimum atomic E-state index is -0.334. The van der Waals surface area contributed by atoms with Crippen LogP contribution in [-0.4, -0.2) is 18.2 Å². The van der Waals surface area contributed by atoms with Crippen molar-refractivity contribution in [3.8, 4) is 0 Å². The molecule has 3 N–H and O–H groups in total. The normalized spacial score (nSPS) is 19.6. The fourth-order valence-electron chi connectivity index (χ4n) is 3.43. The molecule has 3 aromatic rings. The molecule has 0 radical (unpaired) electrons. The van der Waals surface area contributed by atoms with Crippen molar-refractivity contribution in [3.05, 3.63) is 90.0 Å². The molecule has 2 unspecified atom stereocenters. The highest BCUT2D eigenvalue weighted by Crippen LogP contribution is 2.29. The van der Waals surface area contributed by atoms with Crippen molar-refractivity contribution < 1.29 is 4.79 Å². The van der Waals surface area contributed by atoms with E-state index in [1.165, 1.54) is 16.3 Å². The number of nitrogens with one attached hydrogen (secondary N) is 3. The van der Waals surface area contributed by atoms with Crippen molar-refractivity contribution in [2.75, 3.05) is 0 Å². The molecule has 0 aliphatic carbocycles. The molecule has 0 spiro atoms. The maximum atomic E-state index is 12.4. The minimum absolute atomic E-state index is 0.0730. The van der Waals surface area contributed by atoms with Gasteiger partial charge in [0.2, 0.25) is 0 Å². The van der Waals surface area contributed by atoms with Crippen molar-refractivity contribution in [2.24, 2.45) is 5.10 Å². The number of nitrogens with zero attached hydrogens (tertiary/aromatic N) is 1. The maximum absolute atomic E-state index is 12.4. The number of benzene rings is 3. The van der Waals surface area contributed by atoms with Crippen molar-refractivity contribution in [3.63, 3.8) is 0 Å². The van der Waals surface area contributed by atoms with Crippen LogP contribution in [0.25, 0.3) is 16.8 Å². The van der Waals surface area contributed by atoms with Gasteiger partial charge in [0.25, 0.3) is 5.91 Å². The molecule has 140 valence electrons. The second-order valence-electron chi connectivity index (χ2n) is 6.72. The van der Waals surface area contributed by atoms with E-state index in [-0.39, 0.29) is 18.0 Å². The van der Waals surface area contributed by atoms with Gasteiger partial charge >= 0.3 is 0 Å². The molecule has 0 saturated carbocycles. The Hall–Kier alpha value is -3.28. The number of rotatable bonds is 5. The Balaban J connectivity index is 1.34. The summed E-state index contributed by atoms with van der Waals surface area (Å²) in [6, 6.07) is 24.2. The summed E-state index contributed by atoms with van der Waals surface area (Å²) in [6.07, 6.45) is 5.97. The van der Waals surface area contributed by atoms with E-state index < -0.39 is 0 Å². The van der Waals surface area contributed by atoms with Crippen molar-refractivity contribution in [2.45, 2.75) is 18.5 Å². The van der Waals surface area contributed by atoms with Gasteiger partial charge in [0.15, 0.2) is 0 Å². The van der Waals surface area contributed by atoms with Gasteiger partial charge < -0.3 is 0 Å². The van der Waals surface area contributed by atoms with E-state index >= 15 is 0 Å². The molecule has 2 atom stereocenters. The Labute approximate surface area is 164 Å². The lowest BCUT2D eigenvalue weighted by molar-refractivity contribution is -0.122. The van der Waals surface area contributed by atoms with Crippen LogP contribution in [0.15, 0.2) is 84.0 Å². The number of allylic oxidation sites excluding steroid dienone is 1. The molecule has 0 aromatic heterocycles. The molecule has 1 amide bonds. The molecule has 1 aliphatic heterocycles. The number of hydrazine groups is 1. The average Bonchev–Trinajstić information content (AvgIpc) is 3.24. The largest absolute Gasteiger partial charge is 0.271 e. The van der Waals surface area contributed by atoms with Gasteiger partial charge in [0.05, 0.1) is 0 Å². The summed E-state index contributed by atoms with van der Waals surface area (Å²) in [4.78, 5) is 12.4. The van der Waals surface area contributed by atoms with Crippen LogP contribution in [0.4, 0.5) is 0 Å². The summed E-state index contributed by atoms with van der Waals surface area (Å²) in [5.74, 6) is -0.153. The Morgan fingerprint density at radius 3 is 2.64 bits per heavy atom. The van der Waals surface area contributed by atoms with Crippen LogP contribution in [-0.2, 0) is 4.79 Å². The average molecular weight is 370 g/mol. The Morgan fingerprint density at radius 2 is 1.75 bits per heavy atom. The van der Waals surface area contributed by atoms with Crippen LogP contribution in [0.5, 0.6) is 0 Å². The number of carbonyl (C=O) groups is 1. The third-order valence-electron chi connectivity index (χ3n) is 4.84. The zero-order valence-corrected chi connectivity index (χ0v) is 15.4. The van der Waals surface area contributed by atoms with Crippen LogP contribution in [0.1, 0.15) is 23.6 Å². The van der Waals surface area contributed by atoms with Gasteiger partial charge in [-0.1, -0.05) is 78.9 Å². The van der Waals surface area contributed by atoms with E-state index in [2.05, 4.69) is 51.7 Å². The van der Waals surface area contributed by atoms with Gasteiger partial charge in [0, 0.05) is 12.3 Å². The quantitative estimate of drug-likeness (QED) is 0.475. The van der Waals surface area contributed by atoms with E-state index in [9.17, 15) is 4.79 Å². The molecular formula is C23H22N4O. The molecule has 0 bridgehead atoms. The summed E-state index contributed by atoms with van der Waals surface area (Å²) in [6.45, 7) is 0. The Kier molecular flexibility index (Phi) is 5.56. The Morgan fingerprint density at radius 1 is 0.964 bits per heavy atom. The molecule has 5 nitrogen and oxygen atoms in total. The van der Waals surface area contributed by atoms with E-state index in [4.69, 9.17) is 0 Å². The first-order valence-corrected chi connectivity index (χ1v) is 9.34. The molecule has 1 saturated heterocycles. The molecule has 1 aliphatic rings. The second-order valence-corrected chi connectivity index (χ2v) is 6.72. The van der Waals surface area contributed by atoms with Gasteiger partial charge in [-0.05, 0) is 34.4 Å². The molecule has 1 heterocycles. The Bertz CT molecular complexity index is 1010. The summed E-state index contributed by atoms with van der Waals surface area (Å²) < 4.78 is 0. The minimum Gasteiger partial charge on any atom is -0.271 e. The predicted octanol–water partition coefficient (Wildman–Crippen LogP) is 3.56. The molecule has 1 fully saturated rings. The second kappa shape index (κ2) is 8.61. The summed E-state index contributed by atoms with van der Waals surface area (Å²) in [7, 11) is 0. The fourth-order valence-corrected chi connectivity index (χ4v) is 3.43. The third-order valence-corrected chi connectivity index (χ3v) is 4.84. The lowest BCUT2D eigenvalue weighted by atomic mass is 9.96. The number of hydrazone groups is 1. The lowest BCUT2D eigenvalue weighted by Crippen LogP contribution is -2.41. The maximum Gasteiger partial charge on any atom is 0.258 e. The topological polar surface area (TPSA) is 65.5 Å². The highest BCUT2D eigenvalue weighted by atomic mass is 16.2. The van der Waals surface area contributed by atoms with Gasteiger partial charge in [-0.15, -0.1) is 0 Å². The van der Waals surface area contributed by atoms with Crippen molar-refractivity contribution in [1.82, 2.24) is 16.3 Å².